The zero-order chi connectivity index (χ0) is 30.9. The fraction of sp³-hybridized carbons (Fsp3) is 0.486. The monoisotopic (exact) mass is 610 g/mol. The van der Waals surface area contributed by atoms with Crippen LogP contribution in [0.5, 0.6) is 6.01 Å². The first-order chi connectivity index (χ1) is 21.8. The molecule has 4 fully saturated rings. The van der Waals surface area contributed by atoms with Crippen LogP contribution in [-0.2, 0) is 11.2 Å². The fourth-order valence-electron chi connectivity index (χ4n) is 8.59. The summed E-state index contributed by atoms with van der Waals surface area (Å²) in [5.41, 5.74) is 4.62. The van der Waals surface area contributed by atoms with Gasteiger partial charge in [-0.3, -0.25) is 9.69 Å². The molecule has 10 heteroatoms. The van der Waals surface area contributed by atoms with Crippen molar-refractivity contribution in [3.63, 3.8) is 0 Å². The maximum absolute atomic E-state index is 16.2. The number of halogens is 2. The van der Waals surface area contributed by atoms with Crippen molar-refractivity contribution in [2.75, 3.05) is 50.8 Å². The molecular formula is C35H36F2N6O2. The average molecular weight is 611 g/mol. The number of rotatable bonds is 7. The van der Waals surface area contributed by atoms with Gasteiger partial charge in [0.2, 0.25) is 6.54 Å². The number of ether oxygens (including phenoxy) is 1. The number of hydrogen-bond acceptors (Lipinski definition) is 6. The molecular weight excluding hydrogens is 574 g/mol. The highest BCUT2D eigenvalue weighted by atomic mass is 19.1. The Morgan fingerprint density at radius 2 is 1.96 bits per heavy atom. The lowest BCUT2D eigenvalue weighted by atomic mass is 9.93. The Hall–Kier alpha value is -4.10. The number of anilines is 1. The zero-order valence-corrected chi connectivity index (χ0v) is 25.3. The second-order valence-corrected chi connectivity index (χ2v) is 13.4. The summed E-state index contributed by atoms with van der Waals surface area (Å²) >= 11 is 0. The van der Waals surface area contributed by atoms with Crippen LogP contribution in [0.3, 0.4) is 0 Å². The van der Waals surface area contributed by atoms with Crippen molar-refractivity contribution in [2.45, 2.75) is 56.0 Å². The van der Waals surface area contributed by atoms with Crippen molar-refractivity contribution >= 4 is 22.6 Å². The largest absolute Gasteiger partial charge is 0.461 e. The predicted molar refractivity (Wildman–Crippen MR) is 167 cm³/mol. The maximum Gasteiger partial charge on any atom is 0.319 e. The highest BCUT2D eigenvalue weighted by Gasteiger charge is 2.47. The summed E-state index contributed by atoms with van der Waals surface area (Å²) in [6.07, 6.45) is 6.68. The zero-order valence-electron chi connectivity index (χ0n) is 25.3. The van der Waals surface area contributed by atoms with E-state index in [1.54, 1.807) is 0 Å². The van der Waals surface area contributed by atoms with Crippen LogP contribution < -0.4 is 9.64 Å². The maximum atomic E-state index is 16.2. The van der Waals surface area contributed by atoms with Crippen LogP contribution in [-0.4, -0.2) is 83.1 Å². The van der Waals surface area contributed by atoms with Gasteiger partial charge in [0.05, 0.1) is 11.1 Å². The molecule has 232 valence electrons. The van der Waals surface area contributed by atoms with Crippen LogP contribution in [0.1, 0.15) is 49.1 Å². The number of fused-ring (bicyclic) bond motifs is 5. The summed E-state index contributed by atoms with van der Waals surface area (Å²) in [5.74, 6) is -0.522. The third-order valence-corrected chi connectivity index (χ3v) is 10.9. The smallest absolute Gasteiger partial charge is 0.319 e. The topological polar surface area (TPSA) is 66.2 Å². The molecule has 8 nitrogen and oxygen atoms in total. The molecule has 2 aromatic carbocycles. The summed E-state index contributed by atoms with van der Waals surface area (Å²) in [7, 11) is 0. The van der Waals surface area contributed by atoms with Crippen molar-refractivity contribution in [3.8, 4) is 17.1 Å². The second kappa shape index (κ2) is 10.8. The van der Waals surface area contributed by atoms with E-state index >= 15 is 4.39 Å². The van der Waals surface area contributed by atoms with E-state index in [4.69, 9.17) is 21.3 Å². The molecule has 3 atom stereocenters. The number of nitrogens with zero attached hydrogens (tertiary/aromatic N) is 6. The highest BCUT2D eigenvalue weighted by molar-refractivity contribution is 5.94. The molecule has 1 aromatic heterocycles. The van der Waals surface area contributed by atoms with E-state index in [-0.39, 0.29) is 37.0 Å². The minimum Gasteiger partial charge on any atom is -0.461 e. The van der Waals surface area contributed by atoms with Gasteiger partial charge < -0.3 is 19.4 Å². The molecule has 3 aliphatic heterocycles. The summed E-state index contributed by atoms with van der Waals surface area (Å²) in [4.78, 5) is 31.6. The van der Waals surface area contributed by atoms with E-state index in [1.165, 1.54) is 22.1 Å². The van der Waals surface area contributed by atoms with Gasteiger partial charge in [-0.2, -0.15) is 9.97 Å². The van der Waals surface area contributed by atoms with Crippen LogP contribution in [0.25, 0.3) is 26.9 Å². The number of amides is 1. The molecule has 8 rings (SSSR count). The first-order valence-electron chi connectivity index (χ1n) is 16.1. The molecule has 0 spiro atoms. The van der Waals surface area contributed by atoms with E-state index in [9.17, 15) is 9.18 Å². The minimum absolute atomic E-state index is 0.0000351. The van der Waals surface area contributed by atoms with Crippen molar-refractivity contribution < 1.29 is 18.3 Å². The number of carbonyl (C=O) groups excluding carboxylic acids is 1. The third kappa shape index (κ3) is 4.75. The van der Waals surface area contributed by atoms with Gasteiger partial charge in [-0.1, -0.05) is 24.8 Å². The molecule has 45 heavy (non-hydrogen) atoms. The van der Waals surface area contributed by atoms with E-state index in [2.05, 4.69) is 22.4 Å². The third-order valence-electron chi connectivity index (χ3n) is 10.9. The number of benzene rings is 2. The van der Waals surface area contributed by atoms with Crippen LogP contribution in [0.4, 0.5) is 14.6 Å². The highest BCUT2D eigenvalue weighted by Crippen LogP contribution is 2.58. The molecule has 3 aromatic rings. The lowest BCUT2D eigenvalue weighted by Crippen LogP contribution is -2.56. The summed E-state index contributed by atoms with van der Waals surface area (Å²) in [6.45, 7) is 14.0. The number of piperazine rings is 1. The molecule has 3 saturated heterocycles. The second-order valence-electron chi connectivity index (χ2n) is 13.4. The molecule has 5 aliphatic rings. The molecule has 4 heterocycles. The first-order valence-corrected chi connectivity index (χ1v) is 16.1. The number of aromatic nitrogens is 2. The van der Waals surface area contributed by atoms with Gasteiger partial charge in [-0.25, -0.2) is 15.4 Å². The van der Waals surface area contributed by atoms with Gasteiger partial charge in [-0.05, 0) is 92.3 Å². The Kier molecular flexibility index (Phi) is 6.79. The lowest BCUT2D eigenvalue weighted by Gasteiger charge is -2.39. The predicted octanol–water partition coefficient (Wildman–Crippen LogP) is 5.52. The van der Waals surface area contributed by atoms with Crippen LogP contribution in [0.2, 0.25) is 0 Å². The molecule has 0 N–H and O–H groups in total. The van der Waals surface area contributed by atoms with Gasteiger partial charge in [0, 0.05) is 30.6 Å². The van der Waals surface area contributed by atoms with Gasteiger partial charge >= 0.3 is 6.01 Å². The molecule has 0 radical (unpaired) electrons. The van der Waals surface area contributed by atoms with Gasteiger partial charge in [0.25, 0.3) is 5.91 Å². The van der Waals surface area contributed by atoms with Crippen LogP contribution in [0.15, 0.2) is 42.7 Å². The van der Waals surface area contributed by atoms with Gasteiger partial charge in [0.15, 0.2) is 5.83 Å². The first kappa shape index (κ1) is 28.4. The van der Waals surface area contributed by atoms with E-state index in [0.29, 0.717) is 47.3 Å². The van der Waals surface area contributed by atoms with Crippen LogP contribution in [0, 0.1) is 18.3 Å². The standard InChI is InChI=1S/C35H36F2N6O2/c1-21(36)33(44)43-13-12-41(19-24(43)18-38-2)32-28-16-29(37)27(25-7-3-6-22-14-23-15-26(23)31(22)25)17-30(28)39-34(40-32)45-20-35-8-4-10-42(35)11-5-9-35/h3,6-7,16-17,23-24,26H,1,4-5,8-15,18-20H2/t23?,24-,26?/m0/s1. The Morgan fingerprint density at radius 1 is 1.13 bits per heavy atom. The number of hydrogen-bond donors (Lipinski definition) is 0. The SMILES string of the molecule is [C-]#[N+]C[C@H]1CN(c2nc(OCC34CCCN3CCC4)nc3cc(-c4cccc5c4C4CC4C5)c(F)cc23)CCN1C(=O)C(=C)F. The Bertz CT molecular complexity index is 1760. The quantitative estimate of drug-likeness (QED) is 0.259. The molecule has 1 amide bonds. The van der Waals surface area contributed by atoms with Gasteiger partial charge in [-0.15, -0.1) is 0 Å². The van der Waals surface area contributed by atoms with Crippen molar-refractivity contribution in [1.29, 1.82) is 0 Å². The summed E-state index contributed by atoms with van der Waals surface area (Å²) < 4.78 is 36.4. The summed E-state index contributed by atoms with van der Waals surface area (Å²) in [6, 6.07) is 9.20. The molecule has 2 unspecified atom stereocenters. The molecule has 2 aliphatic carbocycles. The van der Waals surface area contributed by atoms with Crippen molar-refractivity contribution in [1.82, 2.24) is 19.8 Å². The van der Waals surface area contributed by atoms with Crippen molar-refractivity contribution in [3.05, 3.63) is 71.1 Å². The molecule has 0 bridgehead atoms. The lowest BCUT2D eigenvalue weighted by molar-refractivity contribution is -0.131. The Morgan fingerprint density at radius 3 is 2.73 bits per heavy atom. The van der Waals surface area contributed by atoms with Crippen LogP contribution >= 0.6 is 0 Å². The average Bonchev–Trinajstić information content (AvgIpc) is 3.32. The van der Waals surface area contributed by atoms with E-state index < -0.39 is 17.8 Å². The van der Waals surface area contributed by atoms with E-state index in [0.717, 1.165) is 57.2 Å². The molecule has 1 saturated carbocycles. The normalized spacial score (nSPS) is 24.7. The van der Waals surface area contributed by atoms with Crippen molar-refractivity contribution in [2.24, 2.45) is 5.92 Å². The Labute approximate surface area is 261 Å². The Balaban J connectivity index is 1.20. The summed E-state index contributed by atoms with van der Waals surface area (Å²) in [5, 5.41) is 0.540. The van der Waals surface area contributed by atoms with E-state index in [1.807, 2.05) is 23.1 Å². The van der Waals surface area contributed by atoms with Gasteiger partial charge in [0.1, 0.15) is 24.3 Å². The fourth-order valence-corrected chi connectivity index (χ4v) is 8.59. The number of carbonyl (C=O) groups is 1. The minimum atomic E-state index is -1.05.